The summed E-state index contributed by atoms with van der Waals surface area (Å²) in [6.07, 6.45) is 0. The van der Waals surface area contributed by atoms with Crippen LogP contribution in [-0.2, 0) is 0 Å². The molecular formula is C11H13N7O2S. The number of nitrogens with one attached hydrogen (secondary N) is 1. The molecule has 10 heteroatoms. The largest absolute Gasteiger partial charge is 0.383 e. The molecule has 21 heavy (non-hydrogen) atoms. The zero-order valence-corrected chi connectivity index (χ0v) is 11.9. The van der Waals surface area contributed by atoms with Gasteiger partial charge in [0, 0.05) is 18.7 Å². The number of hydrogen-bond donors (Lipinski definition) is 3. The first-order valence-electron chi connectivity index (χ1n) is 5.96. The van der Waals surface area contributed by atoms with Crippen molar-refractivity contribution in [2.45, 2.75) is 17.1 Å². The fraction of sp³-hybridized carbons (Fsp3) is 0.182. The maximum absolute atomic E-state index is 11.1. The zero-order valence-electron chi connectivity index (χ0n) is 11.1. The van der Waals surface area contributed by atoms with Gasteiger partial charge in [0.1, 0.15) is 17.5 Å². The predicted octanol–water partition coefficient (Wildman–Crippen LogP) is 1.53. The summed E-state index contributed by atoms with van der Waals surface area (Å²) >= 11 is 0.936. The van der Waals surface area contributed by atoms with E-state index in [0.29, 0.717) is 12.4 Å². The summed E-state index contributed by atoms with van der Waals surface area (Å²) in [5.74, 6) is 0.911. The van der Waals surface area contributed by atoms with Crippen LogP contribution in [0, 0.1) is 10.1 Å². The van der Waals surface area contributed by atoms with Crippen LogP contribution in [0.25, 0.3) is 0 Å². The van der Waals surface area contributed by atoms with E-state index in [0.717, 1.165) is 11.8 Å². The first kappa shape index (κ1) is 14.8. The molecule has 9 nitrogen and oxygen atoms in total. The fourth-order valence-electron chi connectivity index (χ4n) is 1.52. The van der Waals surface area contributed by atoms with E-state index in [1.165, 1.54) is 12.1 Å². The molecule has 0 atom stereocenters. The highest BCUT2D eigenvalue weighted by molar-refractivity contribution is 7.99. The van der Waals surface area contributed by atoms with Crippen LogP contribution in [0.15, 0.2) is 28.4 Å². The molecule has 2 rings (SSSR count). The van der Waals surface area contributed by atoms with Crippen LogP contribution in [0.1, 0.15) is 6.92 Å². The van der Waals surface area contributed by atoms with Gasteiger partial charge in [0.2, 0.25) is 0 Å². The quantitative estimate of drug-likeness (QED) is 0.425. The van der Waals surface area contributed by atoms with Gasteiger partial charge < -0.3 is 16.8 Å². The van der Waals surface area contributed by atoms with Gasteiger partial charge >= 0.3 is 5.69 Å². The molecule has 0 amide bonds. The van der Waals surface area contributed by atoms with E-state index in [1.807, 2.05) is 6.92 Å². The molecule has 0 spiro atoms. The summed E-state index contributed by atoms with van der Waals surface area (Å²) in [5, 5.41) is 14.4. The van der Waals surface area contributed by atoms with Crippen molar-refractivity contribution in [2.75, 3.05) is 23.3 Å². The van der Waals surface area contributed by atoms with Gasteiger partial charge in [-0.25, -0.2) is 15.0 Å². The molecule has 0 saturated carbocycles. The minimum Gasteiger partial charge on any atom is -0.383 e. The zero-order chi connectivity index (χ0) is 15.4. The van der Waals surface area contributed by atoms with Crippen molar-refractivity contribution >= 4 is 34.9 Å². The normalized spacial score (nSPS) is 10.3. The molecule has 0 fully saturated rings. The highest BCUT2D eigenvalue weighted by atomic mass is 32.2. The molecule has 0 aliphatic rings. The highest BCUT2D eigenvalue weighted by Crippen LogP contribution is 2.32. The number of rotatable bonds is 5. The van der Waals surface area contributed by atoms with Crippen LogP contribution in [-0.4, -0.2) is 26.4 Å². The average molecular weight is 307 g/mol. The molecule has 0 radical (unpaired) electrons. The van der Waals surface area contributed by atoms with Crippen molar-refractivity contribution < 1.29 is 4.92 Å². The molecule has 0 saturated heterocycles. The van der Waals surface area contributed by atoms with Crippen LogP contribution in [0.4, 0.5) is 23.1 Å². The molecule has 2 aromatic heterocycles. The second kappa shape index (κ2) is 6.22. The van der Waals surface area contributed by atoms with Gasteiger partial charge in [-0.2, -0.15) is 0 Å². The Hall–Kier alpha value is -2.62. The Kier molecular flexibility index (Phi) is 4.38. The number of pyridine rings is 1. The Balaban J connectivity index is 2.40. The van der Waals surface area contributed by atoms with Gasteiger partial charge in [-0.3, -0.25) is 10.1 Å². The number of aromatic nitrogens is 3. The molecule has 2 heterocycles. The van der Waals surface area contributed by atoms with Crippen molar-refractivity contribution in [2.24, 2.45) is 0 Å². The molecule has 0 bridgehead atoms. The molecular weight excluding hydrogens is 294 g/mol. The Morgan fingerprint density at radius 2 is 1.95 bits per heavy atom. The third kappa shape index (κ3) is 3.69. The van der Waals surface area contributed by atoms with E-state index in [9.17, 15) is 10.1 Å². The summed E-state index contributed by atoms with van der Waals surface area (Å²) in [4.78, 5) is 22.7. The maximum atomic E-state index is 11.1. The molecule has 5 N–H and O–H groups in total. The monoisotopic (exact) mass is 307 g/mol. The Bertz CT molecular complexity index is 659. The van der Waals surface area contributed by atoms with E-state index in [2.05, 4.69) is 20.3 Å². The third-order valence-electron chi connectivity index (χ3n) is 2.33. The lowest BCUT2D eigenvalue weighted by atomic mass is 10.4. The molecule has 110 valence electrons. The van der Waals surface area contributed by atoms with Crippen molar-refractivity contribution in [1.82, 2.24) is 15.0 Å². The van der Waals surface area contributed by atoms with Gasteiger partial charge in [-0.05, 0) is 24.8 Å². The lowest BCUT2D eigenvalue weighted by Gasteiger charge is -2.06. The fourth-order valence-corrected chi connectivity index (χ4v) is 2.39. The summed E-state index contributed by atoms with van der Waals surface area (Å²) in [6, 6.07) is 4.32. The number of nitrogens with zero attached hydrogens (tertiary/aromatic N) is 4. The molecule has 0 aliphatic carbocycles. The SMILES string of the molecule is CCNc1ccc([N+](=O)[O-])c(Sc2nc(N)cc(N)n2)n1. The van der Waals surface area contributed by atoms with E-state index in [1.54, 1.807) is 6.07 Å². The number of anilines is 3. The lowest BCUT2D eigenvalue weighted by molar-refractivity contribution is -0.388. The minimum atomic E-state index is -0.513. The minimum absolute atomic E-state index is 0.133. The summed E-state index contributed by atoms with van der Waals surface area (Å²) in [6.45, 7) is 2.55. The first-order chi connectivity index (χ1) is 9.99. The van der Waals surface area contributed by atoms with Gasteiger partial charge in [0.25, 0.3) is 0 Å². The summed E-state index contributed by atoms with van der Waals surface area (Å²) in [5.41, 5.74) is 11.0. The van der Waals surface area contributed by atoms with Crippen molar-refractivity contribution in [1.29, 1.82) is 0 Å². The van der Waals surface area contributed by atoms with E-state index >= 15 is 0 Å². The average Bonchev–Trinajstić information content (AvgIpc) is 2.37. The molecule has 0 aliphatic heterocycles. The van der Waals surface area contributed by atoms with Crippen molar-refractivity contribution in [3.05, 3.63) is 28.3 Å². The molecule has 2 aromatic rings. The topological polar surface area (TPSA) is 146 Å². The van der Waals surface area contributed by atoms with Crippen LogP contribution < -0.4 is 16.8 Å². The van der Waals surface area contributed by atoms with E-state index < -0.39 is 4.92 Å². The van der Waals surface area contributed by atoms with Gasteiger partial charge in [-0.15, -0.1) is 0 Å². The van der Waals surface area contributed by atoms with Crippen molar-refractivity contribution in [3.63, 3.8) is 0 Å². The van der Waals surface area contributed by atoms with E-state index in [4.69, 9.17) is 11.5 Å². The van der Waals surface area contributed by atoms with Gasteiger partial charge in [0.05, 0.1) is 4.92 Å². The second-order valence-corrected chi connectivity index (χ2v) is 4.87. The van der Waals surface area contributed by atoms with Gasteiger partial charge in [-0.1, -0.05) is 0 Å². The Morgan fingerprint density at radius 3 is 2.52 bits per heavy atom. The maximum Gasteiger partial charge on any atom is 0.301 e. The predicted molar refractivity (Wildman–Crippen MR) is 80.0 cm³/mol. The first-order valence-corrected chi connectivity index (χ1v) is 6.78. The van der Waals surface area contributed by atoms with Crippen LogP contribution in [0.5, 0.6) is 0 Å². The van der Waals surface area contributed by atoms with Crippen molar-refractivity contribution in [3.8, 4) is 0 Å². The summed E-state index contributed by atoms with van der Waals surface area (Å²) < 4.78 is 0. The number of nitrogens with two attached hydrogens (primary N) is 2. The number of nitro groups is 1. The van der Waals surface area contributed by atoms with Crippen LogP contribution in [0.2, 0.25) is 0 Å². The third-order valence-corrected chi connectivity index (χ3v) is 3.19. The number of hydrogen-bond acceptors (Lipinski definition) is 9. The molecule has 0 aromatic carbocycles. The lowest BCUT2D eigenvalue weighted by Crippen LogP contribution is -2.03. The Morgan fingerprint density at radius 1 is 1.29 bits per heavy atom. The second-order valence-electron chi connectivity index (χ2n) is 3.91. The molecule has 0 unspecified atom stereocenters. The number of nitrogen functional groups attached to an aromatic ring is 2. The smallest absolute Gasteiger partial charge is 0.301 e. The van der Waals surface area contributed by atoms with Crippen LogP contribution >= 0.6 is 11.8 Å². The Labute approximate surface area is 124 Å². The van der Waals surface area contributed by atoms with E-state index in [-0.39, 0.29) is 27.5 Å². The van der Waals surface area contributed by atoms with Gasteiger partial charge in [0.15, 0.2) is 10.2 Å². The standard InChI is InChI=1S/C11H13N7O2S/c1-2-14-9-4-3-6(18(19)20)10(17-9)21-11-15-7(12)5-8(13)16-11/h3-5H,2H2,1H3,(H,14,17)(H4,12,13,15,16). The highest BCUT2D eigenvalue weighted by Gasteiger charge is 2.19. The van der Waals surface area contributed by atoms with Crippen LogP contribution in [0.3, 0.4) is 0 Å². The summed E-state index contributed by atoms with van der Waals surface area (Å²) in [7, 11) is 0.